The van der Waals surface area contributed by atoms with E-state index in [4.69, 9.17) is 9.47 Å². The Bertz CT molecular complexity index is 329. The lowest BCUT2D eigenvalue weighted by molar-refractivity contribution is -0.329. The molecule has 4 aliphatic carbocycles. The van der Waals surface area contributed by atoms with Crippen LogP contribution in [0.1, 0.15) is 32.1 Å². The van der Waals surface area contributed by atoms with Crippen molar-refractivity contribution in [3.05, 3.63) is 0 Å². The highest BCUT2D eigenvalue weighted by atomic mass is 16.7. The van der Waals surface area contributed by atoms with Crippen molar-refractivity contribution in [2.24, 2.45) is 23.2 Å². The average molecular weight is 240 g/mol. The molecule has 0 unspecified atom stereocenters. The van der Waals surface area contributed by atoms with Gasteiger partial charge in [-0.3, -0.25) is 4.79 Å². The molecule has 0 heterocycles. The highest BCUT2D eigenvalue weighted by Gasteiger charge is 2.65. The number of carboxylic acids is 1. The zero-order valence-electron chi connectivity index (χ0n) is 10.4. The largest absolute Gasteiger partial charge is 0.481 e. The maximum absolute atomic E-state index is 11.6. The molecule has 4 aliphatic rings. The molecule has 4 saturated carbocycles. The second kappa shape index (κ2) is 3.45. The molecule has 4 rings (SSSR count). The molecule has 17 heavy (non-hydrogen) atoms. The van der Waals surface area contributed by atoms with Crippen molar-refractivity contribution in [2.45, 2.75) is 37.9 Å². The quantitative estimate of drug-likeness (QED) is 0.765. The molecule has 1 N–H and O–H groups in total. The zero-order valence-corrected chi connectivity index (χ0v) is 10.4. The third kappa shape index (κ3) is 1.28. The number of ether oxygens (including phenoxy) is 2. The lowest BCUT2D eigenvalue weighted by Crippen LogP contribution is -2.64. The summed E-state index contributed by atoms with van der Waals surface area (Å²) in [7, 11) is 3.39. The van der Waals surface area contributed by atoms with Crippen molar-refractivity contribution in [3.63, 3.8) is 0 Å². The van der Waals surface area contributed by atoms with Crippen LogP contribution in [0, 0.1) is 23.2 Å². The smallest absolute Gasteiger partial charge is 0.309 e. The monoisotopic (exact) mass is 240 g/mol. The molecule has 0 aromatic rings. The van der Waals surface area contributed by atoms with Gasteiger partial charge in [0.15, 0.2) is 5.79 Å². The molecule has 96 valence electrons. The first-order chi connectivity index (χ1) is 8.06. The van der Waals surface area contributed by atoms with Crippen LogP contribution < -0.4 is 0 Å². The molecule has 4 nitrogen and oxygen atoms in total. The molecule has 0 saturated heterocycles. The Kier molecular flexibility index (Phi) is 2.33. The maximum atomic E-state index is 11.6. The van der Waals surface area contributed by atoms with Gasteiger partial charge in [-0.25, -0.2) is 0 Å². The summed E-state index contributed by atoms with van der Waals surface area (Å²) in [6.07, 6.45) is 4.42. The standard InChI is InChI=1S/C13H20O4/c1-16-13(17-2)9-3-8-4-10(13)7-12(5-8,6-9)11(14)15/h8-10H,3-7H2,1-2H3,(H,14,15)/t8?,9-,10-,12?/m1/s1. The molecular formula is C13H20O4. The van der Waals surface area contributed by atoms with Crippen LogP contribution in [0.25, 0.3) is 0 Å². The highest BCUT2D eigenvalue weighted by molar-refractivity contribution is 5.75. The van der Waals surface area contributed by atoms with E-state index in [1.807, 2.05) is 0 Å². The first kappa shape index (κ1) is 11.5. The van der Waals surface area contributed by atoms with Crippen molar-refractivity contribution in [1.82, 2.24) is 0 Å². The van der Waals surface area contributed by atoms with Crippen molar-refractivity contribution in [3.8, 4) is 0 Å². The molecule has 0 amide bonds. The van der Waals surface area contributed by atoms with Crippen LogP contribution in [0.5, 0.6) is 0 Å². The van der Waals surface area contributed by atoms with Gasteiger partial charge in [0.25, 0.3) is 0 Å². The predicted molar refractivity (Wildman–Crippen MR) is 60.4 cm³/mol. The second-order valence-corrected chi connectivity index (χ2v) is 6.06. The van der Waals surface area contributed by atoms with Gasteiger partial charge < -0.3 is 14.6 Å². The van der Waals surface area contributed by atoms with Gasteiger partial charge in [0.05, 0.1) is 5.41 Å². The van der Waals surface area contributed by atoms with E-state index in [-0.39, 0.29) is 11.8 Å². The predicted octanol–water partition coefficient (Wildman–Crippen LogP) is 1.89. The Labute approximate surface area is 101 Å². The van der Waals surface area contributed by atoms with E-state index in [9.17, 15) is 9.90 Å². The Morgan fingerprint density at radius 1 is 1.12 bits per heavy atom. The molecule has 0 aliphatic heterocycles. The third-order valence-corrected chi connectivity index (χ3v) is 5.42. The van der Waals surface area contributed by atoms with Crippen molar-refractivity contribution in [2.75, 3.05) is 14.2 Å². The Hall–Kier alpha value is -0.610. The summed E-state index contributed by atoms with van der Waals surface area (Å²) in [6, 6.07) is 0. The summed E-state index contributed by atoms with van der Waals surface area (Å²) in [5, 5.41) is 9.51. The summed E-state index contributed by atoms with van der Waals surface area (Å²) in [5.74, 6) is -0.0741. The average Bonchev–Trinajstić information content (AvgIpc) is 2.29. The maximum Gasteiger partial charge on any atom is 0.309 e. The third-order valence-electron chi connectivity index (χ3n) is 5.42. The van der Waals surface area contributed by atoms with E-state index in [0.29, 0.717) is 5.92 Å². The molecular weight excluding hydrogens is 220 g/mol. The van der Waals surface area contributed by atoms with Gasteiger partial charge in [-0.15, -0.1) is 0 Å². The first-order valence-electron chi connectivity index (χ1n) is 6.40. The van der Waals surface area contributed by atoms with Gasteiger partial charge in [0.2, 0.25) is 0 Å². The van der Waals surface area contributed by atoms with Gasteiger partial charge in [-0.1, -0.05) is 0 Å². The minimum atomic E-state index is -0.613. The van der Waals surface area contributed by atoms with Crippen LogP contribution in [0.3, 0.4) is 0 Å². The lowest BCUT2D eigenvalue weighted by Gasteiger charge is -2.62. The lowest BCUT2D eigenvalue weighted by atomic mass is 9.47. The van der Waals surface area contributed by atoms with Crippen LogP contribution in [0.15, 0.2) is 0 Å². The molecule has 0 aromatic heterocycles. The molecule has 4 bridgehead atoms. The molecule has 4 fully saturated rings. The van der Waals surface area contributed by atoms with Gasteiger partial charge in [-0.2, -0.15) is 0 Å². The van der Waals surface area contributed by atoms with E-state index in [0.717, 1.165) is 32.1 Å². The van der Waals surface area contributed by atoms with E-state index >= 15 is 0 Å². The fourth-order valence-electron chi connectivity index (χ4n) is 4.94. The minimum Gasteiger partial charge on any atom is -0.481 e. The van der Waals surface area contributed by atoms with Crippen LogP contribution in [-0.2, 0) is 14.3 Å². The van der Waals surface area contributed by atoms with Crippen molar-refractivity contribution in [1.29, 1.82) is 0 Å². The SMILES string of the molecule is COC1(OC)[C@@H]2CC3C[C@@H]1CC(C(=O)O)(C3)C2. The Balaban J connectivity index is 1.98. The summed E-state index contributed by atoms with van der Waals surface area (Å²) < 4.78 is 11.3. The van der Waals surface area contributed by atoms with Crippen LogP contribution in [0.2, 0.25) is 0 Å². The summed E-state index contributed by atoms with van der Waals surface area (Å²) in [4.78, 5) is 11.6. The number of carbonyl (C=O) groups is 1. The van der Waals surface area contributed by atoms with E-state index in [2.05, 4.69) is 0 Å². The second-order valence-electron chi connectivity index (χ2n) is 6.06. The molecule has 0 radical (unpaired) electrons. The molecule has 4 heteroatoms. The normalized spacial score (nSPS) is 46.1. The number of carboxylic acid groups (broad SMARTS) is 1. The molecule has 0 aromatic carbocycles. The van der Waals surface area contributed by atoms with E-state index in [1.165, 1.54) is 0 Å². The number of rotatable bonds is 3. The van der Waals surface area contributed by atoms with Crippen molar-refractivity contribution >= 4 is 5.97 Å². The number of hydrogen-bond acceptors (Lipinski definition) is 3. The van der Waals surface area contributed by atoms with Gasteiger partial charge >= 0.3 is 5.97 Å². The van der Waals surface area contributed by atoms with Crippen LogP contribution in [-0.4, -0.2) is 31.1 Å². The van der Waals surface area contributed by atoms with Gasteiger partial charge in [-0.05, 0) is 38.0 Å². The highest BCUT2D eigenvalue weighted by Crippen LogP contribution is 2.64. The number of hydrogen-bond donors (Lipinski definition) is 1. The zero-order chi connectivity index (χ0) is 12.3. The molecule has 0 spiro atoms. The minimum absolute atomic E-state index is 0.250. The number of methoxy groups -OCH3 is 2. The van der Waals surface area contributed by atoms with E-state index in [1.54, 1.807) is 14.2 Å². The Morgan fingerprint density at radius 3 is 2.06 bits per heavy atom. The van der Waals surface area contributed by atoms with Crippen LogP contribution >= 0.6 is 0 Å². The van der Waals surface area contributed by atoms with Crippen molar-refractivity contribution < 1.29 is 19.4 Å². The summed E-state index contributed by atoms with van der Waals surface area (Å²) >= 11 is 0. The van der Waals surface area contributed by atoms with Crippen LogP contribution in [0.4, 0.5) is 0 Å². The fourth-order valence-corrected chi connectivity index (χ4v) is 4.94. The molecule has 2 atom stereocenters. The number of aliphatic carboxylic acids is 1. The summed E-state index contributed by atoms with van der Waals surface area (Å²) in [6.45, 7) is 0. The van der Waals surface area contributed by atoms with Gasteiger partial charge in [0, 0.05) is 26.1 Å². The summed E-state index contributed by atoms with van der Waals surface area (Å²) in [5.41, 5.74) is -0.489. The Morgan fingerprint density at radius 2 is 1.65 bits per heavy atom. The fraction of sp³-hybridized carbons (Fsp3) is 0.923. The van der Waals surface area contributed by atoms with Gasteiger partial charge in [0.1, 0.15) is 0 Å². The topological polar surface area (TPSA) is 55.8 Å². The van der Waals surface area contributed by atoms with E-state index < -0.39 is 17.2 Å². The first-order valence-corrected chi connectivity index (χ1v) is 6.40.